The Labute approximate surface area is 104 Å². The molecule has 1 aliphatic carbocycles. The Balaban J connectivity index is 2.47. The van der Waals surface area contributed by atoms with E-state index >= 15 is 0 Å². The van der Waals surface area contributed by atoms with Gasteiger partial charge in [0, 0.05) is 11.5 Å². The third-order valence-corrected chi connectivity index (χ3v) is 4.04. The van der Waals surface area contributed by atoms with E-state index in [0.717, 1.165) is 5.75 Å². The van der Waals surface area contributed by atoms with Gasteiger partial charge in [-0.1, -0.05) is 43.2 Å². The van der Waals surface area contributed by atoms with Crippen molar-refractivity contribution < 1.29 is 4.74 Å². The van der Waals surface area contributed by atoms with Crippen molar-refractivity contribution in [3.05, 3.63) is 52.8 Å². The number of hydrogen-bond acceptors (Lipinski definition) is 1. The highest BCUT2D eigenvalue weighted by molar-refractivity contribution is 5.62. The van der Waals surface area contributed by atoms with Crippen LogP contribution in [0.3, 0.4) is 0 Å². The molecule has 0 fully saturated rings. The molecule has 0 spiro atoms. The predicted octanol–water partition coefficient (Wildman–Crippen LogP) is 4.20. The molecule has 2 rings (SSSR count). The van der Waals surface area contributed by atoms with Crippen LogP contribution in [-0.4, -0.2) is 7.11 Å². The van der Waals surface area contributed by atoms with Crippen LogP contribution in [0.1, 0.15) is 33.3 Å². The topological polar surface area (TPSA) is 9.23 Å². The Morgan fingerprint density at radius 1 is 1.06 bits per heavy atom. The summed E-state index contributed by atoms with van der Waals surface area (Å²) in [6, 6.07) is 8.26. The first kappa shape index (κ1) is 12.2. The standard InChI is InChI=1S/C16H20O/c1-10-11(2)13(4)16(12(10)3)14-8-6-7-9-15(14)17-5/h6-10H,1-5H3. The SMILES string of the molecule is COc1ccccc1[C]1[C](C)C(C)C(C)=C1C. The maximum Gasteiger partial charge on any atom is 0.123 e. The molecule has 90 valence electrons. The van der Waals surface area contributed by atoms with Crippen LogP contribution in [-0.2, 0) is 0 Å². The van der Waals surface area contributed by atoms with Crippen LogP contribution in [0.5, 0.6) is 5.75 Å². The fourth-order valence-corrected chi connectivity index (χ4v) is 2.62. The lowest BCUT2D eigenvalue weighted by molar-refractivity contribution is 0.411. The Bertz CT molecular complexity index is 445. The second-order valence-corrected chi connectivity index (χ2v) is 4.79. The van der Waals surface area contributed by atoms with Crippen molar-refractivity contribution in [2.45, 2.75) is 27.7 Å². The number of hydrogen-bond donors (Lipinski definition) is 0. The maximum absolute atomic E-state index is 5.47. The first-order chi connectivity index (χ1) is 8.07. The zero-order chi connectivity index (χ0) is 12.6. The molecular weight excluding hydrogens is 208 g/mol. The van der Waals surface area contributed by atoms with Gasteiger partial charge in [-0.2, -0.15) is 0 Å². The van der Waals surface area contributed by atoms with Crippen molar-refractivity contribution in [1.29, 1.82) is 0 Å². The normalized spacial score (nSPS) is 22.3. The minimum atomic E-state index is 0.551. The summed E-state index contributed by atoms with van der Waals surface area (Å²) < 4.78 is 5.47. The summed E-state index contributed by atoms with van der Waals surface area (Å²) in [7, 11) is 1.74. The van der Waals surface area contributed by atoms with Gasteiger partial charge in [0.1, 0.15) is 5.75 Å². The second-order valence-electron chi connectivity index (χ2n) is 4.79. The summed E-state index contributed by atoms with van der Waals surface area (Å²) in [5.74, 6) is 4.33. The number of ether oxygens (including phenoxy) is 1. The summed E-state index contributed by atoms with van der Waals surface area (Å²) in [6.45, 7) is 8.94. The molecule has 1 aromatic carbocycles. The summed E-state index contributed by atoms with van der Waals surface area (Å²) in [5, 5.41) is 0. The Kier molecular flexibility index (Phi) is 3.28. The first-order valence-corrected chi connectivity index (χ1v) is 6.09. The molecule has 0 saturated heterocycles. The van der Waals surface area contributed by atoms with Gasteiger partial charge in [0.15, 0.2) is 0 Å². The first-order valence-electron chi connectivity index (χ1n) is 6.09. The average molecular weight is 228 g/mol. The highest BCUT2D eigenvalue weighted by atomic mass is 16.5. The van der Waals surface area contributed by atoms with Gasteiger partial charge in [-0.15, -0.1) is 0 Å². The molecule has 0 aliphatic heterocycles. The summed E-state index contributed by atoms with van der Waals surface area (Å²) in [4.78, 5) is 0. The van der Waals surface area contributed by atoms with Crippen molar-refractivity contribution in [3.8, 4) is 5.75 Å². The average Bonchev–Trinajstić information content (AvgIpc) is 2.54. The van der Waals surface area contributed by atoms with Crippen molar-refractivity contribution in [2.75, 3.05) is 7.11 Å². The van der Waals surface area contributed by atoms with Crippen molar-refractivity contribution in [3.63, 3.8) is 0 Å². The van der Waals surface area contributed by atoms with Gasteiger partial charge < -0.3 is 4.74 Å². The minimum absolute atomic E-state index is 0.551. The molecule has 1 heteroatoms. The molecule has 0 saturated carbocycles. The zero-order valence-electron chi connectivity index (χ0n) is 11.3. The van der Waals surface area contributed by atoms with Crippen LogP contribution in [0, 0.1) is 17.8 Å². The van der Waals surface area contributed by atoms with Gasteiger partial charge in [-0.25, -0.2) is 0 Å². The Hall–Kier alpha value is -1.24. The van der Waals surface area contributed by atoms with E-state index in [4.69, 9.17) is 4.74 Å². The second kappa shape index (κ2) is 4.56. The van der Waals surface area contributed by atoms with Gasteiger partial charge in [0.05, 0.1) is 7.11 Å². The highest BCUT2D eigenvalue weighted by Gasteiger charge is 2.36. The van der Waals surface area contributed by atoms with Crippen LogP contribution >= 0.6 is 0 Å². The molecular formula is C16H20O. The molecule has 1 nitrogen and oxygen atoms in total. The van der Waals surface area contributed by atoms with Crippen LogP contribution < -0.4 is 4.74 Å². The van der Waals surface area contributed by atoms with Crippen molar-refractivity contribution in [2.24, 2.45) is 5.92 Å². The predicted molar refractivity (Wildman–Crippen MR) is 71.8 cm³/mol. The van der Waals surface area contributed by atoms with E-state index in [2.05, 4.69) is 39.8 Å². The van der Waals surface area contributed by atoms with E-state index in [1.807, 2.05) is 12.1 Å². The minimum Gasteiger partial charge on any atom is -0.496 e. The van der Waals surface area contributed by atoms with Gasteiger partial charge >= 0.3 is 0 Å². The number of para-hydroxylation sites is 1. The molecule has 0 bridgehead atoms. The third kappa shape index (κ3) is 1.88. The largest absolute Gasteiger partial charge is 0.496 e. The van der Waals surface area contributed by atoms with Crippen molar-refractivity contribution in [1.82, 2.24) is 0 Å². The van der Waals surface area contributed by atoms with E-state index in [9.17, 15) is 0 Å². The molecule has 2 radical (unpaired) electrons. The fraction of sp³-hybridized carbons (Fsp3) is 0.375. The monoisotopic (exact) mass is 228 g/mol. The van der Waals surface area contributed by atoms with Crippen LogP contribution in [0.15, 0.2) is 35.4 Å². The summed E-state index contributed by atoms with van der Waals surface area (Å²) >= 11 is 0. The lowest BCUT2D eigenvalue weighted by atomic mass is 9.83. The molecule has 0 heterocycles. The van der Waals surface area contributed by atoms with Crippen molar-refractivity contribution >= 4 is 0 Å². The molecule has 0 aromatic heterocycles. The Morgan fingerprint density at radius 2 is 1.71 bits per heavy atom. The molecule has 17 heavy (non-hydrogen) atoms. The van der Waals surface area contributed by atoms with Gasteiger partial charge in [0.25, 0.3) is 0 Å². The highest BCUT2D eigenvalue weighted by Crippen LogP contribution is 2.49. The van der Waals surface area contributed by atoms with Gasteiger partial charge in [-0.05, 0) is 31.7 Å². The number of allylic oxidation sites excluding steroid dienone is 2. The van der Waals surface area contributed by atoms with Gasteiger partial charge in [-0.3, -0.25) is 0 Å². The van der Waals surface area contributed by atoms with Crippen LogP contribution in [0.4, 0.5) is 0 Å². The molecule has 0 N–H and O–H groups in total. The number of benzene rings is 1. The van der Waals surface area contributed by atoms with E-state index < -0.39 is 0 Å². The summed E-state index contributed by atoms with van der Waals surface area (Å²) in [5.41, 5.74) is 4.09. The maximum atomic E-state index is 5.47. The van der Waals surface area contributed by atoms with E-state index in [0.29, 0.717) is 5.92 Å². The van der Waals surface area contributed by atoms with Crippen LogP contribution in [0.25, 0.3) is 0 Å². The molecule has 1 aliphatic rings. The van der Waals surface area contributed by atoms with E-state index in [1.165, 1.54) is 28.5 Å². The Morgan fingerprint density at radius 3 is 2.24 bits per heavy atom. The molecule has 1 atom stereocenters. The zero-order valence-corrected chi connectivity index (χ0v) is 11.3. The lowest BCUT2D eigenvalue weighted by Crippen LogP contribution is -2.10. The summed E-state index contributed by atoms with van der Waals surface area (Å²) in [6.07, 6.45) is 0. The lowest BCUT2D eigenvalue weighted by Gasteiger charge is -2.21. The molecule has 1 aromatic rings. The van der Waals surface area contributed by atoms with E-state index in [1.54, 1.807) is 7.11 Å². The smallest absolute Gasteiger partial charge is 0.123 e. The fourth-order valence-electron chi connectivity index (χ4n) is 2.62. The third-order valence-electron chi connectivity index (χ3n) is 4.04. The number of methoxy groups -OCH3 is 1. The van der Waals surface area contributed by atoms with Gasteiger partial charge in [0.2, 0.25) is 0 Å². The quantitative estimate of drug-likeness (QED) is 0.737. The molecule has 0 amide bonds. The molecule has 1 unspecified atom stereocenters. The van der Waals surface area contributed by atoms with E-state index in [-0.39, 0.29) is 0 Å². The van der Waals surface area contributed by atoms with Crippen LogP contribution in [0.2, 0.25) is 0 Å². The number of rotatable bonds is 2.